The number of carbonyl (C=O) groups excluding carboxylic acids is 1. The number of nitrogens with one attached hydrogen (secondary N) is 1. The first-order valence-electron chi connectivity index (χ1n) is 6.04. The monoisotopic (exact) mass is 305 g/mol. The lowest BCUT2D eigenvalue weighted by molar-refractivity contribution is -0.385. The molecule has 0 radical (unpaired) electrons. The minimum absolute atomic E-state index is 0.0279. The molecule has 1 amide bonds. The molecule has 108 valence electrons. The van der Waals surface area contributed by atoms with Gasteiger partial charge >= 0.3 is 0 Å². The lowest BCUT2D eigenvalue weighted by atomic mass is 10.1. The van der Waals surface area contributed by atoms with Crippen molar-refractivity contribution < 1.29 is 9.72 Å². The fraction of sp³-hybridized carbons (Fsp3) is 0.0714. The summed E-state index contributed by atoms with van der Waals surface area (Å²) in [7, 11) is 0. The summed E-state index contributed by atoms with van der Waals surface area (Å²) in [6.45, 7) is 0.249. The summed E-state index contributed by atoms with van der Waals surface area (Å²) >= 11 is 5.71. The maximum absolute atomic E-state index is 12.0. The molecule has 2 aromatic rings. The van der Waals surface area contributed by atoms with E-state index < -0.39 is 10.8 Å². The minimum Gasteiger partial charge on any atom is -0.399 e. The summed E-state index contributed by atoms with van der Waals surface area (Å²) < 4.78 is 0. The van der Waals surface area contributed by atoms with Gasteiger partial charge in [-0.25, -0.2) is 0 Å². The van der Waals surface area contributed by atoms with Crippen LogP contribution in [0.25, 0.3) is 0 Å². The summed E-state index contributed by atoms with van der Waals surface area (Å²) in [4.78, 5) is 22.3. The van der Waals surface area contributed by atoms with Crippen LogP contribution in [0, 0.1) is 10.1 Å². The van der Waals surface area contributed by atoms with Crippen LogP contribution >= 0.6 is 11.6 Å². The molecule has 0 saturated carbocycles. The second-order valence-corrected chi connectivity index (χ2v) is 4.78. The first kappa shape index (κ1) is 14.8. The van der Waals surface area contributed by atoms with Crippen molar-refractivity contribution in [2.45, 2.75) is 6.54 Å². The fourth-order valence-corrected chi connectivity index (χ4v) is 1.93. The van der Waals surface area contributed by atoms with Crippen molar-refractivity contribution in [1.82, 2.24) is 5.32 Å². The van der Waals surface area contributed by atoms with E-state index in [1.165, 1.54) is 12.1 Å². The molecule has 0 aromatic heterocycles. The Morgan fingerprint density at radius 2 is 1.90 bits per heavy atom. The van der Waals surface area contributed by atoms with E-state index in [1.807, 2.05) is 0 Å². The number of nitro benzene ring substituents is 1. The number of nitrogens with two attached hydrogens (primary N) is 1. The van der Waals surface area contributed by atoms with Gasteiger partial charge < -0.3 is 11.1 Å². The highest BCUT2D eigenvalue weighted by atomic mass is 35.5. The van der Waals surface area contributed by atoms with Crippen LogP contribution in [-0.2, 0) is 6.54 Å². The number of nitrogens with zero attached hydrogens (tertiary/aromatic N) is 1. The van der Waals surface area contributed by atoms with Crippen molar-refractivity contribution >= 4 is 28.9 Å². The van der Waals surface area contributed by atoms with Crippen molar-refractivity contribution in [2.24, 2.45) is 0 Å². The lowest BCUT2D eigenvalue weighted by Crippen LogP contribution is -2.23. The van der Waals surface area contributed by atoms with E-state index in [0.717, 1.165) is 11.6 Å². The molecule has 3 N–H and O–H groups in total. The molecule has 0 atom stereocenters. The Bertz CT molecular complexity index is 686. The first-order valence-corrected chi connectivity index (χ1v) is 6.42. The Kier molecular flexibility index (Phi) is 4.39. The molecule has 0 heterocycles. The lowest BCUT2D eigenvalue weighted by Gasteiger charge is -2.06. The topological polar surface area (TPSA) is 98.3 Å². The normalized spacial score (nSPS) is 10.1. The standard InChI is InChI=1S/C14H12ClN3O3/c15-10-3-6-12(13(7-10)18(20)21)14(19)17-8-9-1-4-11(16)5-2-9/h1-7H,8,16H2,(H,17,19). The number of nitro groups is 1. The third-order valence-corrected chi connectivity index (χ3v) is 3.07. The van der Waals surface area contributed by atoms with E-state index in [1.54, 1.807) is 24.3 Å². The van der Waals surface area contributed by atoms with Crippen LogP contribution in [0.2, 0.25) is 5.02 Å². The molecule has 0 aliphatic carbocycles. The van der Waals surface area contributed by atoms with Gasteiger partial charge in [0.2, 0.25) is 0 Å². The predicted octanol–water partition coefficient (Wildman–Crippen LogP) is 2.76. The van der Waals surface area contributed by atoms with E-state index in [-0.39, 0.29) is 22.8 Å². The summed E-state index contributed by atoms with van der Waals surface area (Å²) in [5, 5.41) is 13.8. The van der Waals surface area contributed by atoms with Crippen LogP contribution in [0.4, 0.5) is 11.4 Å². The number of carbonyl (C=O) groups is 1. The molecular formula is C14H12ClN3O3. The number of benzene rings is 2. The van der Waals surface area contributed by atoms with E-state index in [4.69, 9.17) is 17.3 Å². The zero-order valence-electron chi connectivity index (χ0n) is 10.9. The number of rotatable bonds is 4. The molecule has 2 rings (SSSR count). The Labute approximate surface area is 125 Å². The summed E-state index contributed by atoms with van der Waals surface area (Å²) in [6, 6.07) is 10.9. The molecule has 0 aliphatic rings. The Hall–Kier alpha value is -2.60. The van der Waals surface area contributed by atoms with Gasteiger partial charge in [-0.15, -0.1) is 0 Å². The van der Waals surface area contributed by atoms with Crippen molar-refractivity contribution in [3.05, 3.63) is 68.7 Å². The highest BCUT2D eigenvalue weighted by Crippen LogP contribution is 2.23. The Morgan fingerprint density at radius 3 is 2.52 bits per heavy atom. The number of amides is 1. The van der Waals surface area contributed by atoms with Gasteiger partial charge in [-0.1, -0.05) is 23.7 Å². The summed E-state index contributed by atoms with van der Waals surface area (Å²) in [5.74, 6) is -0.532. The van der Waals surface area contributed by atoms with Crippen molar-refractivity contribution in [3.8, 4) is 0 Å². The van der Waals surface area contributed by atoms with Crippen molar-refractivity contribution in [1.29, 1.82) is 0 Å². The molecule has 21 heavy (non-hydrogen) atoms. The summed E-state index contributed by atoms with van der Waals surface area (Å²) in [6.07, 6.45) is 0. The highest BCUT2D eigenvalue weighted by Gasteiger charge is 2.20. The van der Waals surface area contributed by atoms with Crippen LogP contribution in [0.3, 0.4) is 0 Å². The molecule has 6 nitrogen and oxygen atoms in total. The van der Waals surface area contributed by atoms with Crippen molar-refractivity contribution in [2.75, 3.05) is 5.73 Å². The average Bonchev–Trinajstić information content (AvgIpc) is 2.46. The Morgan fingerprint density at radius 1 is 1.24 bits per heavy atom. The van der Waals surface area contributed by atoms with Gasteiger partial charge in [-0.2, -0.15) is 0 Å². The first-order chi connectivity index (χ1) is 9.97. The fourth-order valence-electron chi connectivity index (χ4n) is 1.76. The largest absolute Gasteiger partial charge is 0.399 e. The molecule has 7 heteroatoms. The number of halogens is 1. The molecule has 0 saturated heterocycles. The Balaban J connectivity index is 2.13. The molecule has 0 fully saturated rings. The second-order valence-electron chi connectivity index (χ2n) is 4.34. The van der Waals surface area contributed by atoms with Crippen molar-refractivity contribution in [3.63, 3.8) is 0 Å². The van der Waals surface area contributed by atoms with Crippen LogP contribution < -0.4 is 11.1 Å². The second kappa shape index (κ2) is 6.23. The molecule has 0 unspecified atom stereocenters. The summed E-state index contributed by atoms with van der Waals surface area (Å²) in [5.41, 5.74) is 6.68. The maximum atomic E-state index is 12.0. The number of hydrogen-bond acceptors (Lipinski definition) is 4. The van der Waals surface area contributed by atoms with Gasteiger partial charge in [0.05, 0.1) is 4.92 Å². The van der Waals surface area contributed by atoms with E-state index in [2.05, 4.69) is 5.32 Å². The van der Waals surface area contributed by atoms with Gasteiger partial charge in [0.25, 0.3) is 11.6 Å². The van der Waals surface area contributed by atoms with Gasteiger partial charge in [-0.3, -0.25) is 14.9 Å². The van der Waals surface area contributed by atoms with Crippen LogP contribution in [-0.4, -0.2) is 10.8 Å². The predicted molar refractivity (Wildman–Crippen MR) is 80.1 cm³/mol. The molecule has 2 aromatic carbocycles. The van der Waals surface area contributed by atoms with Crippen LogP contribution in [0.1, 0.15) is 15.9 Å². The maximum Gasteiger partial charge on any atom is 0.283 e. The number of anilines is 1. The number of nitrogen functional groups attached to an aromatic ring is 1. The van der Waals surface area contributed by atoms with Gasteiger partial charge in [-0.05, 0) is 29.8 Å². The van der Waals surface area contributed by atoms with Crippen LogP contribution in [0.15, 0.2) is 42.5 Å². The average molecular weight is 306 g/mol. The van der Waals surface area contributed by atoms with E-state index in [0.29, 0.717) is 5.69 Å². The number of hydrogen-bond donors (Lipinski definition) is 2. The van der Waals surface area contributed by atoms with Gasteiger partial charge in [0, 0.05) is 23.3 Å². The minimum atomic E-state index is -0.635. The zero-order valence-corrected chi connectivity index (χ0v) is 11.6. The third kappa shape index (κ3) is 3.70. The van der Waals surface area contributed by atoms with Crippen LogP contribution in [0.5, 0.6) is 0 Å². The quantitative estimate of drug-likeness (QED) is 0.515. The van der Waals surface area contributed by atoms with Gasteiger partial charge in [0.1, 0.15) is 5.56 Å². The molecule has 0 spiro atoms. The third-order valence-electron chi connectivity index (χ3n) is 2.83. The van der Waals surface area contributed by atoms with E-state index >= 15 is 0 Å². The smallest absolute Gasteiger partial charge is 0.283 e. The molecule has 0 aliphatic heterocycles. The SMILES string of the molecule is Nc1ccc(CNC(=O)c2ccc(Cl)cc2[N+](=O)[O-])cc1. The van der Waals surface area contributed by atoms with E-state index in [9.17, 15) is 14.9 Å². The zero-order chi connectivity index (χ0) is 15.4. The molecule has 0 bridgehead atoms. The molecular weight excluding hydrogens is 294 g/mol. The highest BCUT2D eigenvalue weighted by molar-refractivity contribution is 6.31. The van der Waals surface area contributed by atoms with Gasteiger partial charge in [0.15, 0.2) is 0 Å².